The lowest BCUT2D eigenvalue weighted by molar-refractivity contribution is -0.159. The van der Waals surface area contributed by atoms with E-state index in [0.717, 1.165) is 57.3 Å². The molecule has 0 saturated heterocycles. The van der Waals surface area contributed by atoms with Gasteiger partial charge in [0.05, 0.1) is 23.3 Å². The first-order chi connectivity index (χ1) is 32.0. The number of carbonyl (C=O) groups excluding carboxylic acids is 3. The zero-order chi connectivity index (χ0) is 47.3. The fraction of sp³-hybridized carbons (Fsp3) is 0.281. The van der Waals surface area contributed by atoms with E-state index < -0.39 is 12.0 Å². The minimum atomic E-state index is -0.683. The van der Waals surface area contributed by atoms with E-state index in [1.807, 2.05) is 186 Å². The lowest BCUT2D eigenvalue weighted by Gasteiger charge is -2.33. The van der Waals surface area contributed by atoms with Crippen molar-refractivity contribution in [2.45, 2.75) is 92.3 Å². The van der Waals surface area contributed by atoms with Crippen LogP contribution in [0.3, 0.4) is 0 Å². The molecule has 0 aliphatic rings. The topological polar surface area (TPSA) is 133 Å². The van der Waals surface area contributed by atoms with Gasteiger partial charge in [0.15, 0.2) is 0 Å². The van der Waals surface area contributed by atoms with E-state index in [1.165, 1.54) is 0 Å². The second kappa shape index (κ2) is 25.8. The molecule has 0 aliphatic heterocycles. The van der Waals surface area contributed by atoms with Crippen LogP contribution in [0.25, 0.3) is 22.3 Å². The summed E-state index contributed by atoms with van der Waals surface area (Å²) in [6.07, 6.45) is 2.06. The molecule has 1 N–H and O–H groups in total. The first-order valence-electron chi connectivity index (χ1n) is 22.6. The monoisotopic (exact) mass is 880 g/mol. The van der Waals surface area contributed by atoms with Crippen molar-refractivity contribution in [3.8, 4) is 34.4 Å². The van der Waals surface area contributed by atoms with E-state index in [4.69, 9.17) is 9.47 Å². The van der Waals surface area contributed by atoms with Crippen LogP contribution in [0.15, 0.2) is 158 Å². The summed E-state index contributed by atoms with van der Waals surface area (Å²) in [5.41, 5.74) is 8.85. The molecule has 1 amide bonds. The van der Waals surface area contributed by atoms with Crippen LogP contribution in [-0.2, 0) is 50.2 Å². The molecule has 6 rings (SSSR count). The largest absolute Gasteiger partial charge is 0.460 e. The number of hydrogen-bond acceptors (Lipinski definition) is 8. The molecule has 66 heavy (non-hydrogen) atoms. The zero-order valence-electron chi connectivity index (χ0n) is 38.7. The Hall–Kier alpha value is -7.33. The van der Waals surface area contributed by atoms with E-state index in [1.54, 1.807) is 11.0 Å². The molecule has 0 aliphatic carbocycles. The van der Waals surface area contributed by atoms with Gasteiger partial charge in [0, 0.05) is 19.5 Å². The number of unbranched alkanes of at least 4 members (excludes halogenated alkanes) is 1. The van der Waals surface area contributed by atoms with Crippen molar-refractivity contribution >= 4 is 17.8 Å². The van der Waals surface area contributed by atoms with Crippen LogP contribution in [0.2, 0.25) is 0 Å². The average molecular weight is 881 g/mol. The predicted octanol–water partition coefficient (Wildman–Crippen LogP) is 11.6. The Morgan fingerprint density at radius 2 is 1.02 bits per heavy atom. The number of nitrogens with zero attached hydrogens (tertiary/aromatic N) is 3. The van der Waals surface area contributed by atoms with Crippen LogP contribution in [0, 0.1) is 34.5 Å². The molecular weight excluding hydrogens is 821 g/mol. The molecule has 6 aromatic carbocycles. The van der Waals surface area contributed by atoms with Crippen LogP contribution in [0.5, 0.6) is 0 Å². The molecule has 0 bridgehead atoms. The lowest BCUT2D eigenvalue weighted by Crippen LogP contribution is -2.48. The fourth-order valence-electron chi connectivity index (χ4n) is 7.48. The number of ether oxygens (including phenoxy) is 2. The maximum atomic E-state index is 13.3. The Morgan fingerprint density at radius 3 is 1.47 bits per heavy atom. The number of carbonyl (C=O) groups is 3. The highest BCUT2D eigenvalue weighted by atomic mass is 16.5. The summed E-state index contributed by atoms with van der Waals surface area (Å²) in [6.45, 7) is 11.3. The van der Waals surface area contributed by atoms with Crippen LogP contribution >= 0.6 is 0 Å². The van der Waals surface area contributed by atoms with Crippen LogP contribution in [0.4, 0.5) is 0 Å². The summed E-state index contributed by atoms with van der Waals surface area (Å²) in [5.74, 6) is -0.687. The number of amides is 1. The highest BCUT2D eigenvalue weighted by Crippen LogP contribution is 2.26. The summed E-state index contributed by atoms with van der Waals surface area (Å²) in [6, 6.07) is 53.5. The third-order valence-corrected chi connectivity index (χ3v) is 11.1. The molecular formula is C57H60N4O5. The highest BCUT2D eigenvalue weighted by molar-refractivity contribution is 5.85. The quantitative estimate of drug-likeness (QED) is 0.0795. The van der Waals surface area contributed by atoms with Crippen molar-refractivity contribution in [1.29, 1.82) is 10.5 Å². The first-order valence-corrected chi connectivity index (χ1v) is 22.6. The second-order valence-electron chi connectivity index (χ2n) is 16.8. The Balaban J connectivity index is 0.000000251. The molecule has 0 spiro atoms. The van der Waals surface area contributed by atoms with Gasteiger partial charge in [-0.3, -0.25) is 9.59 Å². The number of nitrogens with one attached hydrogen (secondary N) is 1. The smallest absolute Gasteiger partial charge is 0.329 e. The first kappa shape index (κ1) is 49.7. The van der Waals surface area contributed by atoms with Gasteiger partial charge < -0.3 is 19.7 Å². The van der Waals surface area contributed by atoms with Gasteiger partial charge >= 0.3 is 11.9 Å². The van der Waals surface area contributed by atoms with Gasteiger partial charge in [-0.2, -0.15) is 10.5 Å². The third kappa shape index (κ3) is 14.6. The van der Waals surface area contributed by atoms with Gasteiger partial charge in [-0.05, 0) is 74.9 Å². The van der Waals surface area contributed by atoms with E-state index in [2.05, 4.69) is 17.5 Å². The molecule has 0 heterocycles. The lowest BCUT2D eigenvalue weighted by atomic mass is 9.98. The molecule has 0 aromatic heterocycles. The van der Waals surface area contributed by atoms with E-state index in [0.29, 0.717) is 30.6 Å². The summed E-state index contributed by atoms with van der Waals surface area (Å²) in [7, 11) is 0. The molecule has 0 fully saturated rings. The molecule has 0 radical (unpaired) electrons. The number of nitriles is 2. The van der Waals surface area contributed by atoms with E-state index in [9.17, 15) is 24.9 Å². The number of benzene rings is 6. The van der Waals surface area contributed by atoms with Crippen LogP contribution < -0.4 is 5.32 Å². The molecule has 0 saturated carbocycles. The second-order valence-corrected chi connectivity index (χ2v) is 16.8. The van der Waals surface area contributed by atoms with Gasteiger partial charge in [-0.25, -0.2) is 4.79 Å². The zero-order valence-corrected chi connectivity index (χ0v) is 38.7. The molecule has 0 unspecified atom stereocenters. The van der Waals surface area contributed by atoms with Crippen LogP contribution in [0.1, 0.15) is 87.3 Å². The minimum Gasteiger partial charge on any atom is -0.460 e. The van der Waals surface area contributed by atoms with Gasteiger partial charge in [-0.1, -0.05) is 187 Å². The van der Waals surface area contributed by atoms with Gasteiger partial charge in [0.2, 0.25) is 5.91 Å². The SMILES string of the molecule is CC(C)[C@H](NCc1ccc(-c2ccccc2C#N)cc1)C(=O)OCc1ccccc1.CCCCC(=O)N(Cc1ccc(-c2ccccc2C#N)cc1)[C@H](C(=O)OCc1ccccc1)C(C)C. The van der Waals surface area contributed by atoms with Gasteiger partial charge in [0.1, 0.15) is 25.3 Å². The number of hydrogen-bond donors (Lipinski definition) is 1. The van der Waals surface area contributed by atoms with Gasteiger partial charge in [-0.15, -0.1) is 0 Å². The molecule has 2 atom stereocenters. The maximum Gasteiger partial charge on any atom is 0.329 e. The number of rotatable bonds is 19. The number of esters is 2. The Kier molecular flexibility index (Phi) is 19.4. The summed E-state index contributed by atoms with van der Waals surface area (Å²) >= 11 is 0. The minimum absolute atomic E-state index is 0.0499. The molecule has 9 nitrogen and oxygen atoms in total. The summed E-state index contributed by atoms with van der Waals surface area (Å²) in [4.78, 5) is 40.8. The third-order valence-electron chi connectivity index (χ3n) is 11.1. The average Bonchev–Trinajstić information content (AvgIpc) is 3.35. The highest BCUT2D eigenvalue weighted by Gasteiger charge is 2.33. The maximum absolute atomic E-state index is 13.3. The van der Waals surface area contributed by atoms with E-state index in [-0.39, 0.29) is 43.0 Å². The Bertz CT molecular complexity index is 2540. The van der Waals surface area contributed by atoms with Crippen LogP contribution in [-0.4, -0.2) is 34.8 Å². The molecule has 9 heteroatoms. The van der Waals surface area contributed by atoms with Crippen molar-refractivity contribution in [2.75, 3.05) is 0 Å². The summed E-state index contributed by atoms with van der Waals surface area (Å²) in [5, 5.41) is 22.1. The molecule has 338 valence electrons. The van der Waals surface area contributed by atoms with Crippen molar-refractivity contribution in [1.82, 2.24) is 10.2 Å². The Morgan fingerprint density at radius 1 is 0.561 bits per heavy atom. The standard InChI is InChI=1S/C31H34N2O3.C26H26N2O2/c1-4-5-15-29(34)33(30(23(2)3)31(35)36-22-25-11-7-6-8-12-25)21-24-16-18-26(19-17-24)28-14-10-9-13-27(28)20-32;1-19(2)25(26(29)30-18-21-8-4-3-5-9-21)28-17-20-12-14-22(15-13-20)24-11-7-6-10-23(24)16-27/h6-14,16-19,23,30H,4-5,15,21-22H2,1-3H3;3-15,19,25,28H,17-18H2,1-2H3/t30-;25-/m00/s1. The van der Waals surface area contributed by atoms with Crippen molar-refractivity contribution < 1.29 is 23.9 Å². The van der Waals surface area contributed by atoms with E-state index >= 15 is 0 Å². The van der Waals surface area contributed by atoms with Crippen molar-refractivity contribution in [2.24, 2.45) is 11.8 Å². The van der Waals surface area contributed by atoms with Gasteiger partial charge in [0.25, 0.3) is 0 Å². The predicted molar refractivity (Wildman–Crippen MR) is 260 cm³/mol. The Labute approximate surface area is 390 Å². The normalized spacial score (nSPS) is 11.6. The van der Waals surface area contributed by atoms with Crippen molar-refractivity contribution in [3.05, 3.63) is 191 Å². The van der Waals surface area contributed by atoms with Crippen molar-refractivity contribution in [3.63, 3.8) is 0 Å². The summed E-state index contributed by atoms with van der Waals surface area (Å²) < 4.78 is 11.2. The molecule has 6 aromatic rings. The fourth-order valence-corrected chi connectivity index (χ4v) is 7.48.